The number of rotatable bonds is 1. The van der Waals surface area contributed by atoms with E-state index in [1.54, 1.807) is 30.3 Å². The molecule has 1 aliphatic heterocycles. The van der Waals surface area contributed by atoms with Gasteiger partial charge in [-0.3, -0.25) is 14.3 Å². The van der Waals surface area contributed by atoms with Gasteiger partial charge in [0.1, 0.15) is 5.69 Å². The molecule has 0 fully saturated rings. The highest BCUT2D eigenvalue weighted by Crippen LogP contribution is 2.24. The molecular weight excluding hydrogens is 313 g/mol. The lowest BCUT2D eigenvalue weighted by atomic mass is 10.2. The van der Waals surface area contributed by atoms with Gasteiger partial charge in [-0.2, -0.15) is 13.2 Å². The average Bonchev–Trinajstić information content (AvgIpc) is 2.78. The van der Waals surface area contributed by atoms with Crippen molar-refractivity contribution in [3.8, 4) is 5.69 Å². The molecule has 0 saturated carbocycles. The van der Waals surface area contributed by atoms with E-state index in [-0.39, 0.29) is 31.0 Å². The molecule has 0 aliphatic carbocycles. The molecule has 1 amide bonds. The van der Waals surface area contributed by atoms with Crippen LogP contribution in [0.15, 0.2) is 35.1 Å². The van der Waals surface area contributed by atoms with Crippen LogP contribution >= 0.6 is 0 Å². The highest BCUT2D eigenvalue weighted by molar-refractivity contribution is 5.82. The second-order valence-electron chi connectivity index (χ2n) is 5.16. The number of benzene rings is 1. The fourth-order valence-corrected chi connectivity index (χ4v) is 2.66. The van der Waals surface area contributed by atoms with Crippen LogP contribution in [0.4, 0.5) is 18.9 Å². The zero-order valence-electron chi connectivity index (χ0n) is 11.9. The van der Waals surface area contributed by atoms with Crippen molar-refractivity contribution in [1.82, 2.24) is 14.3 Å². The first kappa shape index (κ1) is 15.2. The number of anilines is 1. The molecular formula is C14H13F3N4O2. The predicted octanol–water partition coefficient (Wildman–Crippen LogP) is 1.13. The van der Waals surface area contributed by atoms with Crippen molar-refractivity contribution in [3.05, 3.63) is 46.4 Å². The summed E-state index contributed by atoms with van der Waals surface area (Å²) in [5, 5.41) is 0. The summed E-state index contributed by atoms with van der Waals surface area (Å²) in [5.74, 6) is -1.93. The first-order valence-electron chi connectivity index (χ1n) is 6.82. The van der Waals surface area contributed by atoms with Gasteiger partial charge in [-0.05, 0) is 12.1 Å². The van der Waals surface area contributed by atoms with Crippen molar-refractivity contribution in [2.45, 2.75) is 19.3 Å². The summed E-state index contributed by atoms with van der Waals surface area (Å²) in [5.41, 5.74) is 5.88. The van der Waals surface area contributed by atoms with Gasteiger partial charge in [-0.15, -0.1) is 0 Å². The molecule has 23 heavy (non-hydrogen) atoms. The minimum atomic E-state index is -4.95. The van der Waals surface area contributed by atoms with Crippen LogP contribution in [0.2, 0.25) is 0 Å². The van der Waals surface area contributed by atoms with E-state index < -0.39 is 17.6 Å². The third-order valence-corrected chi connectivity index (χ3v) is 3.74. The van der Waals surface area contributed by atoms with E-state index in [1.807, 2.05) is 0 Å². The van der Waals surface area contributed by atoms with E-state index in [1.165, 1.54) is 9.36 Å². The number of halogens is 3. The number of amides is 1. The Kier molecular flexibility index (Phi) is 3.42. The Morgan fingerprint density at radius 2 is 1.78 bits per heavy atom. The van der Waals surface area contributed by atoms with E-state index >= 15 is 0 Å². The zero-order chi connectivity index (χ0) is 16.8. The topological polar surface area (TPSA) is 73.3 Å². The number of carbonyl (C=O) groups excluding carboxylic acids is 1. The Bertz CT molecular complexity index is 808. The van der Waals surface area contributed by atoms with Crippen LogP contribution in [0, 0.1) is 0 Å². The highest BCUT2D eigenvalue weighted by Gasteiger charge is 2.44. The standard InChI is InChI=1S/C14H13F3N4O2/c15-14(16,17)13(23)19-6-7-20-10(8-19)11(18)12(22)21(20)9-4-2-1-3-5-9/h1-5H,6-8,18H2. The van der Waals surface area contributed by atoms with Gasteiger partial charge in [-0.25, -0.2) is 4.68 Å². The first-order chi connectivity index (χ1) is 10.8. The smallest absolute Gasteiger partial charge is 0.393 e. The molecule has 3 rings (SSSR count). The van der Waals surface area contributed by atoms with Crippen LogP contribution in [0.1, 0.15) is 5.69 Å². The molecule has 0 radical (unpaired) electrons. The van der Waals surface area contributed by atoms with Crippen molar-refractivity contribution in [3.63, 3.8) is 0 Å². The fourth-order valence-electron chi connectivity index (χ4n) is 2.66. The van der Waals surface area contributed by atoms with Gasteiger partial charge < -0.3 is 10.6 Å². The number of nitrogens with two attached hydrogens (primary N) is 1. The largest absolute Gasteiger partial charge is 0.471 e. The number of carbonyl (C=O) groups is 1. The summed E-state index contributed by atoms with van der Waals surface area (Å²) < 4.78 is 40.5. The molecule has 122 valence electrons. The summed E-state index contributed by atoms with van der Waals surface area (Å²) in [6.07, 6.45) is -4.95. The van der Waals surface area contributed by atoms with E-state index in [2.05, 4.69) is 0 Å². The normalized spacial score (nSPS) is 14.7. The van der Waals surface area contributed by atoms with Crippen molar-refractivity contribution in [2.75, 3.05) is 12.3 Å². The third-order valence-electron chi connectivity index (χ3n) is 3.74. The van der Waals surface area contributed by atoms with E-state index in [0.29, 0.717) is 10.6 Å². The van der Waals surface area contributed by atoms with Gasteiger partial charge in [0.15, 0.2) is 0 Å². The molecule has 2 N–H and O–H groups in total. The quantitative estimate of drug-likeness (QED) is 0.854. The van der Waals surface area contributed by atoms with E-state index in [0.717, 1.165) is 0 Å². The maximum absolute atomic E-state index is 12.6. The van der Waals surface area contributed by atoms with Gasteiger partial charge in [0.25, 0.3) is 5.56 Å². The number of para-hydroxylation sites is 1. The summed E-state index contributed by atoms with van der Waals surface area (Å²) in [4.78, 5) is 24.3. The molecule has 0 saturated heterocycles. The maximum Gasteiger partial charge on any atom is 0.471 e. The van der Waals surface area contributed by atoms with Crippen molar-refractivity contribution in [1.29, 1.82) is 0 Å². The number of fused-ring (bicyclic) bond motifs is 1. The molecule has 0 bridgehead atoms. The Balaban J connectivity index is 2.03. The number of aromatic nitrogens is 2. The Morgan fingerprint density at radius 3 is 2.39 bits per heavy atom. The monoisotopic (exact) mass is 326 g/mol. The molecule has 0 spiro atoms. The van der Waals surface area contributed by atoms with Crippen LogP contribution in [0.3, 0.4) is 0 Å². The van der Waals surface area contributed by atoms with Gasteiger partial charge in [0.05, 0.1) is 24.5 Å². The van der Waals surface area contributed by atoms with Gasteiger partial charge >= 0.3 is 12.1 Å². The molecule has 0 atom stereocenters. The highest BCUT2D eigenvalue weighted by atomic mass is 19.4. The molecule has 9 heteroatoms. The lowest BCUT2D eigenvalue weighted by Crippen LogP contribution is -2.45. The van der Waals surface area contributed by atoms with Crippen LogP contribution in [0.5, 0.6) is 0 Å². The summed E-state index contributed by atoms with van der Waals surface area (Å²) >= 11 is 0. The molecule has 0 unspecified atom stereocenters. The summed E-state index contributed by atoms with van der Waals surface area (Å²) in [7, 11) is 0. The van der Waals surface area contributed by atoms with Gasteiger partial charge in [0, 0.05) is 6.54 Å². The maximum atomic E-state index is 12.6. The summed E-state index contributed by atoms with van der Waals surface area (Å²) in [6.45, 7) is -0.441. The summed E-state index contributed by atoms with van der Waals surface area (Å²) in [6, 6.07) is 8.64. The second kappa shape index (κ2) is 5.18. The molecule has 6 nitrogen and oxygen atoms in total. The number of hydrogen-bond donors (Lipinski definition) is 1. The molecule has 1 aromatic heterocycles. The minimum absolute atomic E-state index is 0.0541. The second-order valence-corrected chi connectivity index (χ2v) is 5.16. The van der Waals surface area contributed by atoms with E-state index in [9.17, 15) is 22.8 Å². The van der Waals surface area contributed by atoms with Crippen molar-refractivity contribution >= 4 is 11.6 Å². The molecule has 1 aliphatic rings. The van der Waals surface area contributed by atoms with E-state index in [4.69, 9.17) is 5.73 Å². The van der Waals surface area contributed by atoms with Crippen molar-refractivity contribution in [2.24, 2.45) is 0 Å². The Morgan fingerprint density at radius 1 is 1.13 bits per heavy atom. The number of alkyl halides is 3. The fraction of sp³-hybridized carbons (Fsp3) is 0.286. The number of nitrogens with zero attached hydrogens (tertiary/aromatic N) is 3. The Hall–Kier alpha value is -2.71. The van der Waals surface area contributed by atoms with Crippen molar-refractivity contribution < 1.29 is 18.0 Å². The molecule has 2 heterocycles. The lowest BCUT2D eigenvalue weighted by Gasteiger charge is -2.30. The van der Waals surface area contributed by atoms with Crippen LogP contribution in [-0.4, -0.2) is 32.9 Å². The zero-order valence-corrected chi connectivity index (χ0v) is 11.9. The number of hydrogen-bond acceptors (Lipinski definition) is 3. The predicted molar refractivity (Wildman–Crippen MR) is 75.9 cm³/mol. The minimum Gasteiger partial charge on any atom is -0.393 e. The van der Waals surface area contributed by atoms with Crippen LogP contribution in [-0.2, 0) is 17.9 Å². The Labute approximate surface area is 128 Å². The average molecular weight is 326 g/mol. The molecule has 2 aromatic rings. The van der Waals surface area contributed by atoms with Crippen LogP contribution < -0.4 is 11.3 Å². The number of nitrogen functional groups attached to an aromatic ring is 1. The van der Waals surface area contributed by atoms with Gasteiger partial charge in [-0.1, -0.05) is 18.2 Å². The van der Waals surface area contributed by atoms with Gasteiger partial charge in [0.2, 0.25) is 0 Å². The SMILES string of the molecule is Nc1c2n(n(-c3ccccc3)c1=O)CCN(C(=O)C(F)(F)F)C2. The third kappa shape index (κ3) is 2.47. The lowest BCUT2D eigenvalue weighted by molar-refractivity contribution is -0.187. The first-order valence-corrected chi connectivity index (χ1v) is 6.82. The van der Waals surface area contributed by atoms with Crippen LogP contribution in [0.25, 0.3) is 5.69 Å². The molecule has 1 aromatic carbocycles.